The molecule has 1 atom stereocenters. The Morgan fingerprint density at radius 1 is 1.73 bits per heavy atom. The normalized spacial score (nSPS) is 12.7. The number of likely N-dealkylation sites (N-methyl/N-ethyl adjacent to an activating group) is 1. The van der Waals surface area contributed by atoms with E-state index in [0.717, 1.165) is 0 Å². The molecule has 0 spiro atoms. The van der Waals surface area contributed by atoms with Gasteiger partial charge in [0.2, 0.25) is 5.91 Å². The molecule has 2 N–H and O–H groups in total. The Hall–Kier alpha value is -0.610. The zero-order valence-corrected chi connectivity index (χ0v) is 7.33. The van der Waals surface area contributed by atoms with Gasteiger partial charge in [-0.05, 0) is 6.92 Å². The number of hydrogen-bond acceptors (Lipinski definition) is 3. The van der Waals surface area contributed by atoms with Crippen LogP contribution >= 0.6 is 0 Å². The standard InChI is InChI=1S/C7H16N2O2/c1-6(4-8)9(2)7(10)5-11-3/h6H,4-5,8H2,1-3H3. The largest absolute Gasteiger partial charge is 0.375 e. The maximum atomic E-state index is 11.1. The molecular formula is C7H16N2O2. The minimum absolute atomic E-state index is 0.0366. The third-order valence-corrected chi connectivity index (χ3v) is 1.66. The summed E-state index contributed by atoms with van der Waals surface area (Å²) in [5, 5.41) is 0. The molecule has 66 valence electrons. The van der Waals surface area contributed by atoms with Gasteiger partial charge in [0, 0.05) is 26.7 Å². The Morgan fingerprint density at radius 2 is 2.27 bits per heavy atom. The van der Waals surface area contributed by atoms with Crippen LogP contribution in [0.15, 0.2) is 0 Å². The molecule has 0 aliphatic rings. The molecule has 0 saturated carbocycles. The molecule has 1 unspecified atom stereocenters. The smallest absolute Gasteiger partial charge is 0.248 e. The van der Waals surface area contributed by atoms with Gasteiger partial charge < -0.3 is 15.4 Å². The number of nitrogens with two attached hydrogens (primary N) is 1. The molecule has 0 fully saturated rings. The molecule has 0 aromatic carbocycles. The topological polar surface area (TPSA) is 55.6 Å². The van der Waals surface area contributed by atoms with E-state index in [2.05, 4.69) is 4.74 Å². The quantitative estimate of drug-likeness (QED) is 0.599. The van der Waals surface area contributed by atoms with Crippen LogP contribution in [-0.4, -0.2) is 44.2 Å². The summed E-state index contributed by atoms with van der Waals surface area (Å²) in [6.07, 6.45) is 0. The first-order valence-electron chi connectivity index (χ1n) is 3.58. The summed E-state index contributed by atoms with van der Waals surface area (Å²) in [6, 6.07) is 0.0812. The van der Waals surface area contributed by atoms with Gasteiger partial charge in [0.25, 0.3) is 0 Å². The summed E-state index contributed by atoms with van der Waals surface area (Å²) in [6.45, 7) is 2.50. The van der Waals surface area contributed by atoms with Gasteiger partial charge in [0.05, 0.1) is 0 Å². The van der Waals surface area contributed by atoms with Crippen LogP contribution in [0.2, 0.25) is 0 Å². The van der Waals surface area contributed by atoms with Crippen molar-refractivity contribution in [2.24, 2.45) is 5.73 Å². The van der Waals surface area contributed by atoms with E-state index in [0.29, 0.717) is 6.54 Å². The first kappa shape index (κ1) is 10.4. The summed E-state index contributed by atoms with van der Waals surface area (Å²) in [5.74, 6) is -0.0366. The Morgan fingerprint density at radius 3 is 2.64 bits per heavy atom. The van der Waals surface area contributed by atoms with Crippen molar-refractivity contribution in [1.29, 1.82) is 0 Å². The third-order valence-electron chi connectivity index (χ3n) is 1.66. The second-order valence-electron chi connectivity index (χ2n) is 2.52. The second-order valence-corrected chi connectivity index (χ2v) is 2.52. The van der Waals surface area contributed by atoms with E-state index in [1.54, 1.807) is 11.9 Å². The number of ether oxygens (including phenoxy) is 1. The molecule has 0 heterocycles. The van der Waals surface area contributed by atoms with Gasteiger partial charge in [-0.3, -0.25) is 4.79 Å². The monoisotopic (exact) mass is 160 g/mol. The Bertz CT molecular complexity index is 128. The minimum Gasteiger partial charge on any atom is -0.375 e. The van der Waals surface area contributed by atoms with E-state index in [-0.39, 0.29) is 18.6 Å². The number of carbonyl (C=O) groups excluding carboxylic acids is 1. The summed E-state index contributed by atoms with van der Waals surface area (Å²) >= 11 is 0. The maximum Gasteiger partial charge on any atom is 0.248 e. The highest BCUT2D eigenvalue weighted by Gasteiger charge is 2.12. The van der Waals surface area contributed by atoms with Crippen LogP contribution < -0.4 is 5.73 Å². The van der Waals surface area contributed by atoms with Gasteiger partial charge >= 0.3 is 0 Å². The zero-order valence-electron chi connectivity index (χ0n) is 7.33. The number of methoxy groups -OCH3 is 1. The van der Waals surface area contributed by atoms with Crippen molar-refractivity contribution in [2.45, 2.75) is 13.0 Å². The van der Waals surface area contributed by atoms with Crippen LogP contribution in [0.5, 0.6) is 0 Å². The van der Waals surface area contributed by atoms with Crippen molar-refractivity contribution >= 4 is 5.91 Å². The SMILES string of the molecule is COCC(=O)N(C)C(C)CN. The molecule has 0 aliphatic heterocycles. The fourth-order valence-electron chi connectivity index (χ4n) is 0.629. The molecule has 4 nitrogen and oxygen atoms in total. The van der Waals surface area contributed by atoms with E-state index in [1.807, 2.05) is 6.92 Å². The van der Waals surface area contributed by atoms with Gasteiger partial charge in [-0.25, -0.2) is 0 Å². The maximum absolute atomic E-state index is 11.1. The molecule has 0 radical (unpaired) electrons. The highest BCUT2D eigenvalue weighted by Crippen LogP contribution is 1.93. The van der Waals surface area contributed by atoms with E-state index >= 15 is 0 Å². The van der Waals surface area contributed by atoms with Crippen LogP contribution in [0.4, 0.5) is 0 Å². The first-order valence-corrected chi connectivity index (χ1v) is 3.58. The van der Waals surface area contributed by atoms with Gasteiger partial charge in [-0.15, -0.1) is 0 Å². The number of hydrogen-bond donors (Lipinski definition) is 1. The minimum atomic E-state index is -0.0366. The van der Waals surface area contributed by atoms with Gasteiger partial charge in [0.15, 0.2) is 0 Å². The lowest BCUT2D eigenvalue weighted by molar-refractivity contribution is -0.135. The number of rotatable bonds is 4. The molecule has 4 heteroatoms. The molecule has 0 saturated heterocycles. The predicted molar refractivity (Wildman–Crippen MR) is 43.2 cm³/mol. The van der Waals surface area contributed by atoms with Crippen molar-refractivity contribution in [1.82, 2.24) is 4.90 Å². The lowest BCUT2D eigenvalue weighted by Gasteiger charge is -2.22. The second kappa shape index (κ2) is 5.09. The Kier molecular flexibility index (Phi) is 4.81. The number of amides is 1. The average molecular weight is 160 g/mol. The van der Waals surface area contributed by atoms with Crippen LogP contribution in [0.25, 0.3) is 0 Å². The van der Waals surface area contributed by atoms with Crippen molar-refractivity contribution < 1.29 is 9.53 Å². The third kappa shape index (κ3) is 3.34. The molecule has 0 aromatic heterocycles. The highest BCUT2D eigenvalue weighted by atomic mass is 16.5. The van der Waals surface area contributed by atoms with Crippen LogP contribution in [0.3, 0.4) is 0 Å². The van der Waals surface area contributed by atoms with Crippen molar-refractivity contribution in [3.63, 3.8) is 0 Å². The van der Waals surface area contributed by atoms with E-state index in [4.69, 9.17) is 5.73 Å². The van der Waals surface area contributed by atoms with Crippen molar-refractivity contribution in [2.75, 3.05) is 27.3 Å². The zero-order chi connectivity index (χ0) is 8.85. The average Bonchev–Trinajstić information content (AvgIpc) is 2.02. The van der Waals surface area contributed by atoms with Crippen LogP contribution in [-0.2, 0) is 9.53 Å². The molecule has 0 bridgehead atoms. The lowest BCUT2D eigenvalue weighted by Crippen LogP contribution is -2.41. The molecular weight excluding hydrogens is 144 g/mol. The van der Waals surface area contributed by atoms with Crippen molar-refractivity contribution in [3.8, 4) is 0 Å². The highest BCUT2D eigenvalue weighted by molar-refractivity contribution is 5.77. The van der Waals surface area contributed by atoms with Crippen LogP contribution in [0, 0.1) is 0 Å². The van der Waals surface area contributed by atoms with E-state index in [9.17, 15) is 4.79 Å². The summed E-state index contributed by atoms with van der Waals surface area (Å²) < 4.78 is 4.69. The summed E-state index contributed by atoms with van der Waals surface area (Å²) in [5.41, 5.74) is 5.37. The van der Waals surface area contributed by atoms with Crippen LogP contribution in [0.1, 0.15) is 6.92 Å². The predicted octanol–water partition coefficient (Wildman–Crippen LogP) is -0.562. The number of nitrogens with zero attached hydrogens (tertiary/aromatic N) is 1. The number of carbonyl (C=O) groups is 1. The van der Waals surface area contributed by atoms with Gasteiger partial charge in [0.1, 0.15) is 6.61 Å². The molecule has 1 amide bonds. The van der Waals surface area contributed by atoms with E-state index in [1.165, 1.54) is 7.11 Å². The molecule has 11 heavy (non-hydrogen) atoms. The fourth-order valence-corrected chi connectivity index (χ4v) is 0.629. The molecule has 0 rings (SSSR count). The Labute approximate surface area is 67.3 Å². The lowest BCUT2D eigenvalue weighted by atomic mass is 10.3. The molecule has 0 aliphatic carbocycles. The van der Waals surface area contributed by atoms with Crippen molar-refractivity contribution in [3.05, 3.63) is 0 Å². The van der Waals surface area contributed by atoms with Gasteiger partial charge in [-0.1, -0.05) is 0 Å². The van der Waals surface area contributed by atoms with E-state index < -0.39 is 0 Å². The summed E-state index contributed by atoms with van der Waals surface area (Å²) in [4.78, 5) is 12.7. The fraction of sp³-hybridized carbons (Fsp3) is 0.857. The van der Waals surface area contributed by atoms with Gasteiger partial charge in [-0.2, -0.15) is 0 Å². The first-order chi connectivity index (χ1) is 5.13. The summed E-state index contributed by atoms with van der Waals surface area (Å²) in [7, 11) is 3.22. The molecule has 0 aromatic rings. The Balaban J connectivity index is 3.80.